The molecule has 0 saturated carbocycles. The Balaban J connectivity index is 2.36. The van der Waals surface area contributed by atoms with Gasteiger partial charge in [-0.15, -0.1) is 0 Å². The second-order valence-electron chi connectivity index (χ2n) is 3.17. The van der Waals surface area contributed by atoms with Crippen molar-refractivity contribution in [3.8, 4) is 11.3 Å². The van der Waals surface area contributed by atoms with Crippen LogP contribution in [0.15, 0.2) is 36.5 Å². The summed E-state index contributed by atoms with van der Waals surface area (Å²) in [6, 6.07) is 9.47. The minimum Gasteiger partial charge on any atom is -0.394 e. The van der Waals surface area contributed by atoms with Crippen LogP contribution in [-0.2, 0) is 6.54 Å². The third-order valence-corrected chi connectivity index (χ3v) is 2.42. The zero-order valence-corrected chi connectivity index (χ0v) is 8.85. The molecule has 2 aromatic rings. The van der Waals surface area contributed by atoms with Crippen LogP contribution in [0.4, 0.5) is 0 Å². The number of aliphatic hydroxyl groups excluding tert-OH is 1. The van der Waals surface area contributed by atoms with E-state index in [0.29, 0.717) is 11.6 Å². The van der Waals surface area contributed by atoms with E-state index in [0.717, 1.165) is 11.3 Å². The maximum absolute atomic E-state index is 8.87. The minimum absolute atomic E-state index is 0.0856. The van der Waals surface area contributed by atoms with Gasteiger partial charge in [0.15, 0.2) is 0 Å². The first kappa shape index (κ1) is 10.2. The fraction of sp³-hybridized carbons (Fsp3) is 0.182. The van der Waals surface area contributed by atoms with E-state index in [2.05, 4.69) is 5.10 Å². The summed E-state index contributed by atoms with van der Waals surface area (Å²) in [5.41, 5.74) is 2.03. The van der Waals surface area contributed by atoms with Crippen molar-refractivity contribution in [3.05, 3.63) is 41.6 Å². The molecule has 2 rings (SSSR count). The molecule has 0 aliphatic carbocycles. The van der Waals surface area contributed by atoms with Crippen LogP contribution in [0.5, 0.6) is 0 Å². The van der Waals surface area contributed by atoms with Gasteiger partial charge in [0.2, 0.25) is 0 Å². The van der Waals surface area contributed by atoms with E-state index in [1.807, 2.05) is 30.3 Å². The Hall–Kier alpha value is -1.32. The van der Waals surface area contributed by atoms with Crippen molar-refractivity contribution >= 4 is 11.6 Å². The molecule has 0 amide bonds. The molecule has 0 saturated heterocycles. The largest absolute Gasteiger partial charge is 0.394 e. The van der Waals surface area contributed by atoms with Gasteiger partial charge in [-0.1, -0.05) is 23.7 Å². The lowest BCUT2D eigenvalue weighted by Gasteiger charge is -2.05. The monoisotopic (exact) mass is 222 g/mol. The summed E-state index contributed by atoms with van der Waals surface area (Å²) in [6.07, 6.45) is 1.72. The zero-order chi connectivity index (χ0) is 10.7. The molecule has 4 heteroatoms. The van der Waals surface area contributed by atoms with Crippen molar-refractivity contribution in [1.82, 2.24) is 9.78 Å². The molecular weight excluding hydrogens is 212 g/mol. The molecular formula is C11H11ClN2O. The van der Waals surface area contributed by atoms with Crippen LogP contribution in [-0.4, -0.2) is 21.5 Å². The molecule has 0 unspecified atom stereocenters. The molecule has 0 aliphatic heterocycles. The second-order valence-corrected chi connectivity index (χ2v) is 3.61. The summed E-state index contributed by atoms with van der Waals surface area (Å²) in [5, 5.41) is 13.7. The molecule has 0 bridgehead atoms. The van der Waals surface area contributed by atoms with E-state index in [9.17, 15) is 0 Å². The molecule has 15 heavy (non-hydrogen) atoms. The van der Waals surface area contributed by atoms with E-state index < -0.39 is 0 Å². The smallest absolute Gasteiger partial charge is 0.0683 e. The first-order valence-electron chi connectivity index (χ1n) is 4.70. The van der Waals surface area contributed by atoms with Gasteiger partial charge in [0.05, 0.1) is 18.8 Å². The summed E-state index contributed by atoms with van der Waals surface area (Å²) in [6.45, 7) is 0.591. The molecule has 0 spiro atoms. The lowest BCUT2D eigenvalue weighted by Crippen LogP contribution is -2.05. The second kappa shape index (κ2) is 4.47. The third kappa shape index (κ3) is 2.19. The van der Waals surface area contributed by atoms with Crippen molar-refractivity contribution in [2.45, 2.75) is 6.54 Å². The van der Waals surface area contributed by atoms with Crippen molar-refractivity contribution in [1.29, 1.82) is 0 Å². The summed E-state index contributed by atoms with van der Waals surface area (Å²) in [4.78, 5) is 0. The lowest BCUT2D eigenvalue weighted by molar-refractivity contribution is 0.270. The van der Waals surface area contributed by atoms with Crippen LogP contribution in [0.2, 0.25) is 5.02 Å². The van der Waals surface area contributed by atoms with Gasteiger partial charge in [-0.05, 0) is 23.8 Å². The Morgan fingerprint density at radius 2 is 1.93 bits per heavy atom. The average molecular weight is 223 g/mol. The fourth-order valence-electron chi connectivity index (χ4n) is 1.47. The third-order valence-electron chi connectivity index (χ3n) is 2.17. The molecule has 1 aromatic carbocycles. The maximum atomic E-state index is 8.87. The Morgan fingerprint density at radius 3 is 2.60 bits per heavy atom. The van der Waals surface area contributed by atoms with Crippen LogP contribution >= 0.6 is 11.6 Å². The summed E-state index contributed by atoms with van der Waals surface area (Å²) in [5.74, 6) is 0. The van der Waals surface area contributed by atoms with Gasteiger partial charge in [-0.3, -0.25) is 4.68 Å². The lowest BCUT2D eigenvalue weighted by atomic mass is 10.1. The molecule has 0 atom stereocenters. The predicted octanol–water partition coefficient (Wildman–Crippen LogP) is 2.20. The van der Waals surface area contributed by atoms with Gasteiger partial charge >= 0.3 is 0 Å². The van der Waals surface area contributed by atoms with E-state index in [-0.39, 0.29) is 6.61 Å². The molecule has 3 nitrogen and oxygen atoms in total. The van der Waals surface area contributed by atoms with Gasteiger partial charge in [-0.25, -0.2) is 0 Å². The van der Waals surface area contributed by atoms with Crippen LogP contribution in [0.1, 0.15) is 0 Å². The highest BCUT2D eigenvalue weighted by Gasteiger charge is 2.04. The van der Waals surface area contributed by atoms with Gasteiger partial charge in [0.1, 0.15) is 0 Å². The van der Waals surface area contributed by atoms with E-state index in [1.54, 1.807) is 10.9 Å². The highest BCUT2D eigenvalue weighted by atomic mass is 35.5. The Labute approximate surface area is 92.9 Å². The van der Waals surface area contributed by atoms with Gasteiger partial charge in [0.25, 0.3) is 0 Å². The number of hydrogen-bond donors (Lipinski definition) is 1. The quantitative estimate of drug-likeness (QED) is 0.865. The van der Waals surface area contributed by atoms with E-state index in [1.165, 1.54) is 0 Å². The number of nitrogens with zero attached hydrogens (tertiary/aromatic N) is 2. The normalized spacial score (nSPS) is 10.5. The van der Waals surface area contributed by atoms with Crippen LogP contribution in [0.3, 0.4) is 0 Å². The van der Waals surface area contributed by atoms with Crippen molar-refractivity contribution in [3.63, 3.8) is 0 Å². The number of hydrogen-bond acceptors (Lipinski definition) is 2. The summed E-state index contributed by atoms with van der Waals surface area (Å²) in [7, 11) is 0. The molecule has 0 radical (unpaired) electrons. The average Bonchev–Trinajstić information content (AvgIpc) is 2.68. The Morgan fingerprint density at radius 1 is 1.20 bits per heavy atom. The SMILES string of the molecule is OCCn1nccc1-c1ccc(Cl)cc1. The van der Waals surface area contributed by atoms with Crippen molar-refractivity contribution in [2.24, 2.45) is 0 Å². The summed E-state index contributed by atoms with van der Waals surface area (Å²) >= 11 is 5.81. The molecule has 1 aromatic heterocycles. The fourth-order valence-corrected chi connectivity index (χ4v) is 1.60. The number of rotatable bonds is 3. The molecule has 1 N–H and O–H groups in total. The zero-order valence-electron chi connectivity index (χ0n) is 8.10. The van der Waals surface area contributed by atoms with Crippen LogP contribution < -0.4 is 0 Å². The number of aromatic nitrogens is 2. The van der Waals surface area contributed by atoms with E-state index in [4.69, 9.17) is 16.7 Å². The van der Waals surface area contributed by atoms with Gasteiger partial charge in [-0.2, -0.15) is 5.10 Å². The minimum atomic E-state index is 0.0856. The van der Waals surface area contributed by atoms with E-state index >= 15 is 0 Å². The Bertz CT molecular complexity index is 436. The highest BCUT2D eigenvalue weighted by molar-refractivity contribution is 6.30. The molecule has 1 heterocycles. The first-order chi connectivity index (χ1) is 7.31. The summed E-state index contributed by atoms with van der Waals surface area (Å²) < 4.78 is 1.77. The number of halogens is 1. The molecule has 0 aliphatic rings. The standard InChI is InChI=1S/C11H11ClN2O/c12-10-3-1-9(2-4-10)11-5-6-13-14(11)7-8-15/h1-6,15H,7-8H2. The predicted molar refractivity (Wildman–Crippen MR) is 59.8 cm³/mol. The highest BCUT2D eigenvalue weighted by Crippen LogP contribution is 2.20. The number of benzene rings is 1. The van der Waals surface area contributed by atoms with Crippen LogP contribution in [0, 0.1) is 0 Å². The molecule has 0 fully saturated rings. The van der Waals surface area contributed by atoms with Crippen molar-refractivity contribution in [2.75, 3.05) is 6.61 Å². The molecule has 78 valence electrons. The maximum Gasteiger partial charge on any atom is 0.0683 e. The van der Waals surface area contributed by atoms with Gasteiger partial charge < -0.3 is 5.11 Å². The number of aliphatic hydroxyl groups is 1. The Kier molecular flexibility index (Phi) is 3.04. The van der Waals surface area contributed by atoms with Crippen molar-refractivity contribution < 1.29 is 5.11 Å². The van der Waals surface area contributed by atoms with Gasteiger partial charge in [0, 0.05) is 11.2 Å². The first-order valence-corrected chi connectivity index (χ1v) is 5.07. The van der Waals surface area contributed by atoms with Crippen LogP contribution in [0.25, 0.3) is 11.3 Å². The topological polar surface area (TPSA) is 38.0 Å².